The molecule has 0 bridgehead atoms. The van der Waals surface area contributed by atoms with E-state index in [0.29, 0.717) is 41.9 Å². The normalized spacial score (nSPS) is 17.3. The molecule has 1 unspecified atom stereocenters. The van der Waals surface area contributed by atoms with Crippen LogP contribution in [0.4, 0.5) is 4.39 Å². The van der Waals surface area contributed by atoms with E-state index in [0.717, 1.165) is 6.42 Å². The average molecular weight is 488 g/mol. The molecule has 1 fully saturated rings. The quantitative estimate of drug-likeness (QED) is 0.590. The van der Waals surface area contributed by atoms with Crippen molar-refractivity contribution in [2.45, 2.75) is 24.3 Å². The largest absolute Gasteiger partial charge is 0.455 e. The first kappa shape index (κ1) is 25.3. The molecular weight excluding hydrogens is 464 g/mol. The molecule has 2 aromatic carbocycles. The zero-order valence-electron chi connectivity index (χ0n) is 16.8. The monoisotopic (exact) mass is 487 g/mol. The van der Waals surface area contributed by atoms with Gasteiger partial charge in [-0.1, -0.05) is 12.1 Å². The van der Waals surface area contributed by atoms with Gasteiger partial charge >= 0.3 is 0 Å². The molecule has 1 aromatic heterocycles. The molecule has 0 radical (unpaired) electrons. The van der Waals surface area contributed by atoms with E-state index in [1.807, 2.05) is 6.92 Å². The Kier molecular flexibility index (Phi) is 8.62. The number of nitrogens with zero attached hydrogens (tertiary/aromatic N) is 2. The molecule has 10 heteroatoms. The number of fused-ring (bicyclic) bond motifs is 1. The molecule has 1 atom stereocenters. The highest BCUT2D eigenvalue weighted by atomic mass is 35.5. The topological polar surface area (TPSA) is 71.5 Å². The lowest BCUT2D eigenvalue weighted by Gasteiger charge is -2.21. The van der Waals surface area contributed by atoms with Gasteiger partial charge in [0.1, 0.15) is 11.6 Å². The molecule has 0 amide bonds. The summed E-state index contributed by atoms with van der Waals surface area (Å²) >= 11 is 0. The Hall–Kier alpha value is -1.97. The van der Waals surface area contributed by atoms with Gasteiger partial charge in [0.25, 0.3) is 0 Å². The number of nitrogens with one attached hydrogen (secondary N) is 1. The zero-order valence-corrected chi connectivity index (χ0v) is 19.3. The molecule has 1 saturated heterocycles. The van der Waals surface area contributed by atoms with Crippen LogP contribution in [-0.4, -0.2) is 43.4 Å². The summed E-state index contributed by atoms with van der Waals surface area (Å²) in [5.74, 6) is 0.343. The Labute approximate surface area is 193 Å². The third kappa shape index (κ3) is 5.45. The van der Waals surface area contributed by atoms with Crippen molar-refractivity contribution in [2.24, 2.45) is 0 Å². The van der Waals surface area contributed by atoms with Gasteiger partial charge in [-0.05, 0) is 43.7 Å². The molecule has 0 aliphatic carbocycles. The van der Waals surface area contributed by atoms with Gasteiger partial charge in [-0.2, -0.15) is 4.31 Å². The molecule has 3 aromatic rings. The van der Waals surface area contributed by atoms with Gasteiger partial charge in [0.2, 0.25) is 10.0 Å². The molecule has 1 aliphatic rings. The fourth-order valence-electron chi connectivity index (χ4n) is 3.46. The number of benzene rings is 2. The fraction of sp³-hybridized carbons (Fsp3) is 0.286. The highest BCUT2D eigenvalue weighted by Crippen LogP contribution is 2.35. The Bertz CT molecular complexity index is 1130. The van der Waals surface area contributed by atoms with Crippen molar-refractivity contribution in [1.29, 1.82) is 0 Å². The third-order valence-corrected chi connectivity index (χ3v) is 6.98. The van der Waals surface area contributed by atoms with E-state index in [2.05, 4.69) is 10.3 Å². The van der Waals surface area contributed by atoms with E-state index >= 15 is 0 Å². The second-order valence-electron chi connectivity index (χ2n) is 7.10. The second kappa shape index (κ2) is 10.6. The van der Waals surface area contributed by atoms with E-state index < -0.39 is 10.0 Å². The maximum atomic E-state index is 13.5. The summed E-state index contributed by atoms with van der Waals surface area (Å²) in [6.45, 7) is 3.51. The number of hydrogen-bond donors (Lipinski definition) is 1. The van der Waals surface area contributed by atoms with Crippen LogP contribution in [-0.2, 0) is 10.0 Å². The van der Waals surface area contributed by atoms with E-state index in [1.54, 1.807) is 24.4 Å². The summed E-state index contributed by atoms with van der Waals surface area (Å²) < 4.78 is 47.6. The van der Waals surface area contributed by atoms with Gasteiger partial charge in [0, 0.05) is 42.6 Å². The summed E-state index contributed by atoms with van der Waals surface area (Å²) in [4.78, 5) is 4.35. The number of halogens is 3. The van der Waals surface area contributed by atoms with E-state index in [4.69, 9.17) is 4.74 Å². The maximum Gasteiger partial charge on any atom is 0.243 e. The van der Waals surface area contributed by atoms with Crippen molar-refractivity contribution in [2.75, 3.05) is 19.6 Å². The first-order valence-electron chi connectivity index (χ1n) is 9.49. The van der Waals surface area contributed by atoms with Gasteiger partial charge in [-0.15, -0.1) is 24.8 Å². The van der Waals surface area contributed by atoms with Crippen LogP contribution in [0.3, 0.4) is 0 Å². The minimum absolute atomic E-state index is 0. The van der Waals surface area contributed by atoms with Gasteiger partial charge < -0.3 is 10.1 Å². The molecule has 6 nitrogen and oxygen atoms in total. The van der Waals surface area contributed by atoms with Crippen LogP contribution >= 0.6 is 24.8 Å². The van der Waals surface area contributed by atoms with Crippen LogP contribution in [0.1, 0.15) is 13.3 Å². The van der Waals surface area contributed by atoms with E-state index in [9.17, 15) is 12.8 Å². The molecule has 0 spiro atoms. The lowest BCUT2D eigenvalue weighted by molar-refractivity contribution is 0.429. The second-order valence-corrected chi connectivity index (χ2v) is 9.00. The van der Waals surface area contributed by atoms with Crippen LogP contribution in [0.2, 0.25) is 0 Å². The van der Waals surface area contributed by atoms with Crippen LogP contribution in [0.5, 0.6) is 11.5 Å². The predicted octanol–water partition coefficient (Wildman–Crippen LogP) is 4.38. The SMILES string of the molecule is CC1CCN(S(=O)(=O)c2cccc3cncc(Oc4ccc(F)cc4)c23)CCN1.Cl.Cl. The molecular formula is C21H24Cl2FN3O3S. The van der Waals surface area contributed by atoms with Crippen molar-refractivity contribution in [3.05, 3.63) is 60.7 Å². The van der Waals surface area contributed by atoms with Crippen LogP contribution in [0.25, 0.3) is 10.8 Å². The summed E-state index contributed by atoms with van der Waals surface area (Å²) in [7, 11) is -3.73. The number of rotatable bonds is 4. The van der Waals surface area contributed by atoms with Crippen LogP contribution < -0.4 is 10.1 Å². The Morgan fingerprint density at radius 3 is 2.58 bits per heavy atom. The summed E-state index contributed by atoms with van der Waals surface area (Å²) in [5, 5.41) is 4.44. The highest BCUT2D eigenvalue weighted by molar-refractivity contribution is 7.89. The fourth-order valence-corrected chi connectivity index (χ4v) is 5.14. The Morgan fingerprint density at radius 2 is 1.84 bits per heavy atom. The van der Waals surface area contributed by atoms with Gasteiger partial charge in [0.15, 0.2) is 5.75 Å². The minimum atomic E-state index is -3.73. The van der Waals surface area contributed by atoms with Crippen molar-refractivity contribution >= 4 is 45.6 Å². The maximum absolute atomic E-state index is 13.5. The standard InChI is InChI=1S/C21H22FN3O3S.2ClH/c1-15-9-11-25(12-10-24-15)29(26,27)20-4-2-3-16-13-23-14-19(21(16)20)28-18-7-5-17(22)6-8-18;;/h2-8,13-15,24H,9-12H2,1H3;2*1H. The summed E-state index contributed by atoms with van der Waals surface area (Å²) in [6, 6.07) is 10.9. The number of pyridine rings is 1. The van der Waals surface area contributed by atoms with Crippen LogP contribution in [0, 0.1) is 5.82 Å². The number of ether oxygens (including phenoxy) is 1. The van der Waals surface area contributed by atoms with Gasteiger partial charge in [0.05, 0.1) is 11.1 Å². The van der Waals surface area contributed by atoms with Crippen molar-refractivity contribution in [3.8, 4) is 11.5 Å². The Morgan fingerprint density at radius 1 is 1.10 bits per heavy atom. The molecule has 4 rings (SSSR count). The zero-order chi connectivity index (χ0) is 20.4. The first-order chi connectivity index (χ1) is 13.9. The lowest BCUT2D eigenvalue weighted by Crippen LogP contribution is -2.34. The van der Waals surface area contributed by atoms with Gasteiger partial charge in [-0.25, -0.2) is 12.8 Å². The summed E-state index contributed by atoms with van der Waals surface area (Å²) in [5.41, 5.74) is 0. The summed E-state index contributed by atoms with van der Waals surface area (Å²) in [6.07, 6.45) is 3.83. The molecule has 2 heterocycles. The first-order valence-corrected chi connectivity index (χ1v) is 10.9. The minimum Gasteiger partial charge on any atom is -0.455 e. The smallest absolute Gasteiger partial charge is 0.243 e. The molecule has 168 valence electrons. The Balaban J connectivity index is 0.00000171. The average Bonchev–Trinajstić information content (AvgIpc) is 2.94. The van der Waals surface area contributed by atoms with E-state index in [-0.39, 0.29) is 41.6 Å². The number of sulfonamides is 1. The number of aromatic nitrogens is 1. The molecule has 1 aliphatic heterocycles. The number of hydrogen-bond acceptors (Lipinski definition) is 5. The molecule has 31 heavy (non-hydrogen) atoms. The van der Waals surface area contributed by atoms with Crippen molar-refractivity contribution in [1.82, 2.24) is 14.6 Å². The van der Waals surface area contributed by atoms with E-state index in [1.165, 1.54) is 34.8 Å². The third-order valence-electron chi connectivity index (χ3n) is 5.04. The molecule has 1 N–H and O–H groups in total. The highest BCUT2D eigenvalue weighted by Gasteiger charge is 2.29. The predicted molar refractivity (Wildman–Crippen MR) is 124 cm³/mol. The van der Waals surface area contributed by atoms with Gasteiger partial charge in [-0.3, -0.25) is 4.98 Å². The van der Waals surface area contributed by atoms with Crippen molar-refractivity contribution in [3.63, 3.8) is 0 Å². The molecule has 0 saturated carbocycles. The van der Waals surface area contributed by atoms with Crippen LogP contribution in [0.15, 0.2) is 59.8 Å². The lowest BCUT2D eigenvalue weighted by atomic mass is 10.1. The van der Waals surface area contributed by atoms with Crippen molar-refractivity contribution < 1.29 is 17.5 Å².